The van der Waals surface area contributed by atoms with Crippen LogP contribution in [0.4, 0.5) is 0 Å². The standard InChI is InChI=1S/C13H22N2O5/c1-2-14-13(19)10-9-20-8-7-15(10)11(16)5-3-4-6-12(17)18/h10H,2-9H2,1H3,(H,14,19)(H,17,18). The number of rotatable bonds is 7. The van der Waals surface area contributed by atoms with E-state index >= 15 is 0 Å². The van der Waals surface area contributed by atoms with Crippen molar-refractivity contribution in [2.24, 2.45) is 0 Å². The Balaban J connectivity index is 2.45. The van der Waals surface area contributed by atoms with Crippen LogP contribution in [0.3, 0.4) is 0 Å². The number of hydrogen-bond acceptors (Lipinski definition) is 4. The lowest BCUT2D eigenvalue weighted by molar-refractivity contribution is -0.148. The van der Waals surface area contributed by atoms with Crippen molar-refractivity contribution < 1.29 is 24.2 Å². The smallest absolute Gasteiger partial charge is 0.303 e. The predicted molar refractivity (Wildman–Crippen MR) is 71.1 cm³/mol. The van der Waals surface area contributed by atoms with E-state index in [0.717, 1.165) is 0 Å². The van der Waals surface area contributed by atoms with Crippen LogP contribution < -0.4 is 5.32 Å². The summed E-state index contributed by atoms with van der Waals surface area (Å²) in [7, 11) is 0. The number of amides is 2. The van der Waals surface area contributed by atoms with Gasteiger partial charge in [0.15, 0.2) is 0 Å². The molecule has 1 atom stereocenters. The highest BCUT2D eigenvalue weighted by Crippen LogP contribution is 2.11. The monoisotopic (exact) mass is 286 g/mol. The molecule has 1 saturated heterocycles. The van der Waals surface area contributed by atoms with Crippen molar-refractivity contribution in [1.29, 1.82) is 0 Å². The minimum Gasteiger partial charge on any atom is -0.481 e. The first kappa shape index (κ1) is 16.4. The van der Waals surface area contributed by atoms with Gasteiger partial charge in [0.1, 0.15) is 6.04 Å². The molecule has 0 spiro atoms. The molecule has 7 heteroatoms. The highest BCUT2D eigenvalue weighted by atomic mass is 16.5. The number of likely N-dealkylation sites (N-methyl/N-ethyl adjacent to an activating group) is 1. The molecule has 1 aliphatic rings. The Kier molecular flexibility index (Phi) is 7.00. The van der Waals surface area contributed by atoms with Gasteiger partial charge in [0, 0.05) is 25.9 Å². The first-order valence-electron chi connectivity index (χ1n) is 6.93. The maximum Gasteiger partial charge on any atom is 0.303 e. The Bertz CT molecular complexity index is 359. The van der Waals surface area contributed by atoms with Gasteiger partial charge in [-0.3, -0.25) is 14.4 Å². The summed E-state index contributed by atoms with van der Waals surface area (Å²) in [6.07, 6.45) is 1.32. The molecule has 0 radical (unpaired) electrons. The molecule has 114 valence electrons. The molecule has 7 nitrogen and oxygen atoms in total. The Morgan fingerprint density at radius 2 is 2.00 bits per heavy atom. The zero-order valence-electron chi connectivity index (χ0n) is 11.8. The molecule has 1 aliphatic heterocycles. The fourth-order valence-electron chi connectivity index (χ4n) is 2.11. The van der Waals surface area contributed by atoms with Crippen LogP contribution in [0.25, 0.3) is 0 Å². The number of nitrogens with zero attached hydrogens (tertiary/aromatic N) is 1. The molecule has 0 aromatic carbocycles. The van der Waals surface area contributed by atoms with E-state index in [0.29, 0.717) is 32.5 Å². The second kappa shape index (κ2) is 8.52. The summed E-state index contributed by atoms with van der Waals surface area (Å²) in [5, 5.41) is 11.2. The van der Waals surface area contributed by atoms with Crippen molar-refractivity contribution in [3.8, 4) is 0 Å². The Labute approximate surface area is 118 Å². The minimum absolute atomic E-state index is 0.0656. The van der Waals surface area contributed by atoms with Crippen molar-refractivity contribution in [3.63, 3.8) is 0 Å². The van der Waals surface area contributed by atoms with Crippen molar-refractivity contribution in [2.75, 3.05) is 26.3 Å². The summed E-state index contributed by atoms with van der Waals surface area (Å²) in [5.41, 5.74) is 0. The van der Waals surface area contributed by atoms with Crippen molar-refractivity contribution in [3.05, 3.63) is 0 Å². The van der Waals surface area contributed by atoms with E-state index in [1.807, 2.05) is 6.92 Å². The topological polar surface area (TPSA) is 95.9 Å². The van der Waals surface area contributed by atoms with Crippen LogP contribution in [0, 0.1) is 0 Å². The molecule has 2 N–H and O–H groups in total. The van der Waals surface area contributed by atoms with E-state index in [1.54, 1.807) is 0 Å². The molecule has 0 aliphatic carbocycles. The van der Waals surface area contributed by atoms with E-state index in [2.05, 4.69) is 5.32 Å². The summed E-state index contributed by atoms with van der Waals surface area (Å²) in [6, 6.07) is -0.573. The number of carbonyl (C=O) groups excluding carboxylic acids is 2. The average molecular weight is 286 g/mol. The molecule has 20 heavy (non-hydrogen) atoms. The lowest BCUT2D eigenvalue weighted by Gasteiger charge is -2.34. The third-order valence-electron chi connectivity index (χ3n) is 3.13. The first-order valence-corrected chi connectivity index (χ1v) is 6.93. The number of unbranched alkanes of at least 4 members (excludes halogenated alkanes) is 1. The Morgan fingerprint density at radius 1 is 1.30 bits per heavy atom. The molecule has 0 saturated carbocycles. The third kappa shape index (κ3) is 5.16. The van der Waals surface area contributed by atoms with E-state index in [-0.39, 0.29) is 31.3 Å². The number of ether oxygens (including phenoxy) is 1. The van der Waals surface area contributed by atoms with Crippen LogP contribution >= 0.6 is 0 Å². The maximum atomic E-state index is 12.1. The van der Waals surface area contributed by atoms with Gasteiger partial charge in [0.2, 0.25) is 11.8 Å². The summed E-state index contributed by atoms with van der Waals surface area (Å²) in [5.74, 6) is -1.18. The van der Waals surface area contributed by atoms with E-state index in [9.17, 15) is 14.4 Å². The van der Waals surface area contributed by atoms with Gasteiger partial charge in [0.05, 0.1) is 13.2 Å². The van der Waals surface area contributed by atoms with Gasteiger partial charge in [-0.1, -0.05) is 0 Å². The van der Waals surface area contributed by atoms with Crippen LogP contribution in [-0.2, 0) is 19.1 Å². The molecule has 1 unspecified atom stereocenters. The largest absolute Gasteiger partial charge is 0.481 e. The second-order valence-electron chi connectivity index (χ2n) is 4.67. The number of nitrogens with one attached hydrogen (secondary N) is 1. The lowest BCUT2D eigenvalue weighted by Crippen LogP contribution is -2.55. The second-order valence-corrected chi connectivity index (χ2v) is 4.67. The number of hydrogen-bond donors (Lipinski definition) is 2. The Morgan fingerprint density at radius 3 is 2.65 bits per heavy atom. The van der Waals surface area contributed by atoms with E-state index in [4.69, 9.17) is 9.84 Å². The SMILES string of the molecule is CCNC(=O)C1COCCN1C(=O)CCCCC(=O)O. The molecule has 2 amide bonds. The highest BCUT2D eigenvalue weighted by molar-refractivity contribution is 5.88. The van der Waals surface area contributed by atoms with Gasteiger partial charge in [-0.05, 0) is 19.8 Å². The number of carbonyl (C=O) groups is 3. The summed E-state index contributed by atoms with van der Waals surface area (Å²) in [4.78, 5) is 35.9. The van der Waals surface area contributed by atoms with Gasteiger partial charge in [-0.2, -0.15) is 0 Å². The minimum atomic E-state index is -0.857. The zero-order chi connectivity index (χ0) is 15.0. The zero-order valence-corrected chi connectivity index (χ0v) is 11.8. The summed E-state index contributed by atoms with van der Waals surface area (Å²) < 4.78 is 5.25. The molecule has 1 fully saturated rings. The van der Waals surface area contributed by atoms with Crippen molar-refractivity contribution in [2.45, 2.75) is 38.6 Å². The van der Waals surface area contributed by atoms with Crippen LogP contribution in [0.15, 0.2) is 0 Å². The molecular weight excluding hydrogens is 264 g/mol. The summed E-state index contributed by atoms with van der Waals surface area (Å²) >= 11 is 0. The quantitative estimate of drug-likeness (QED) is 0.642. The van der Waals surface area contributed by atoms with Gasteiger partial charge in [-0.25, -0.2) is 0 Å². The van der Waals surface area contributed by atoms with Crippen molar-refractivity contribution in [1.82, 2.24) is 10.2 Å². The van der Waals surface area contributed by atoms with Crippen LogP contribution in [0.5, 0.6) is 0 Å². The third-order valence-corrected chi connectivity index (χ3v) is 3.13. The number of carboxylic acids is 1. The lowest BCUT2D eigenvalue weighted by atomic mass is 10.1. The molecule has 0 aromatic heterocycles. The fourth-order valence-corrected chi connectivity index (χ4v) is 2.11. The number of carboxylic acid groups (broad SMARTS) is 1. The average Bonchev–Trinajstić information content (AvgIpc) is 2.43. The molecule has 0 bridgehead atoms. The highest BCUT2D eigenvalue weighted by Gasteiger charge is 2.31. The molecular formula is C13H22N2O5. The maximum absolute atomic E-state index is 12.1. The van der Waals surface area contributed by atoms with Gasteiger partial charge in [-0.15, -0.1) is 0 Å². The van der Waals surface area contributed by atoms with Crippen LogP contribution in [-0.4, -0.2) is 60.1 Å². The first-order chi connectivity index (χ1) is 9.56. The predicted octanol–water partition coefficient (Wildman–Crippen LogP) is -0.00510. The fraction of sp³-hybridized carbons (Fsp3) is 0.769. The summed E-state index contributed by atoms with van der Waals surface area (Å²) in [6.45, 7) is 3.37. The molecule has 0 aromatic rings. The van der Waals surface area contributed by atoms with Gasteiger partial charge in [0.25, 0.3) is 0 Å². The Hall–Kier alpha value is -1.63. The molecule has 1 heterocycles. The van der Waals surface area contributed by atoms with Gasteiger partial charge >= 0.3 is 5.97 Å². The van der Waals surface area contributed by atoms with E-state index in [1.165, 1.54) is 4.90 Å². The van der Waals surface area contributed by atoms with Gasteiger partial charge < -0.3 is 20.1 Å². The van der Waals surface area contributed by atoms with Crippen LogP contribution in [0.1, 0.15) is 32.6 Å². The molecule has 1 rings (SSSR count). The number of aliphatic carboxylic acids is 1. The van der Waals surface area contributed by atoms with E-state index < -0.39 is 12.0 Å². The van der Waals surface area contributed by atoms with Crippen LogP contribution in [0.2, 0.25) is 0 Å². The number of morpholine rings is 1. The van der Waals surface area contributed by atoms with Crippen molar-refractivity contribution >= 4 is 17.8 Å². The normalized spacial score (nSPS) is 18.6.